The summed E-state index contributed by atoms with van der Waals surface area (Å²) >= 11 is 0. The van der Waals surface area contributed by atoms with Crippen LogP contribution in [-0.4, -0.2) is 45.6 Å². The zero-order valence-corrected chi connectivity index (χ0v) is 15.4. The van der Waals surface area contributed by atoms with Gasteiger partial charge in [-0.2, -0.15) is 5.10 Å². The first-order valence-corrected chi connectivity index (χ1v) is 8.80. The van der Waals surface area contributed by atoms with Crippen LogP contribution < -0.4 is 16.2 Å². The van der Waals surface area contributed by atoms with E-state index in [4.69, 9.17) is 5.73 Å². The van der Waals surface area contributed by atoms with E-state index in [-0.39, 0.29) is 18.1 Å². The number of alkyl halides is 1. The molecule has 4 N–H and O–H groups in total. The molecule has 0 aliphatic rings. The Bertz CT molecular complexity index is 1330. The largest absolute Gasteiger partial charge is 0.425 e. The lowest BCUT2D eigenvalue weighted by Gasteiger charge is -2.16. The average molecular weight is 410 g/mol. The lowest BCUT2D eigenvalue weighted by molar-refractivity contribution is 0.161. The third kappa shape index (κ3) is 3.43. The highest BCUT2D eigenvalue weighted by Gasteiger charge is 2.22. The first-order chi connectivity index (χ1) is 14.5. The Kier molecular flexibility index (Phi) is 4.84. The van der Waals surface area contributed by atoms with E-state index in [0.717, 1.165) is 4.90 Å². The summed E-state index contributed by atoms with van der Waals surface area (Å²) in [6.07, 6.45) is -2.45. The van der Waals surface area contributed by atoms with Gasteiger partial charge in [0.1, 0.15) is 6.67 Å². The van der Waals surface area contributed by atoms with Gasteiger partial charge in [-0.05, 0) is 18.2 Å². The van der Waals surface area contributed by atoms with Crippen molar-refractivity contribution >= 4 is 39.9 Å². The zero-order valence-electron chi connectivity index (χ0n) is 15.4. The van der Waals surface area contributed by atoms with Gasteiger partial charge >= 0.3 is 12.2 Å². The molecule has 2 aromatic carbocycles. The number of primary amides is 1. The molecular formula is C19H15FN6O4. The maximum absolute atomic E-state index is 12.9. The molecule has 2 aromatic heterocycles. The minimum Gasteiger partial charge on any atom is -0.359 e. The van der Waals surface area contributed by atoms with Crippen LogP contribution >= 0.6 is 0 Å². The van der Waals surface area contributed by atoms with E-state index in [9.17, 15) is 18.8 Å². The summed E-state index contributed by atoms with van der Waals surface area (Å²) in [5.41, 5.74) is 6.80. The minimum absolute atomic E-state index is 0.00895. The molecule has 0 aliphatic heterocycles. The molecule has 0 radical (unpaired) electrons. The standard InChI is InChI=1S/C19H15FN6O4/c20-7-8-26(19(29)30-17(21)28)18-22-13-6-5-10(9-14(13)23-18)15-11-3-1-2-4-12(11)16(27)25-24-15/h1-6,9H,7-8H2,(H2,21,28)(H,22,23)(H,25,27). The van der Waals surface area contributed by atoms with Crippen LogP contribution in [0.3, 0.4) is 0 Å². The van der Waals surface area contributed by atoms with Crippen molar-refractivity contribution in [2.75, 3.05) is 18.1 Å². The molecule has 0 aliphatic carbocycles. The number of hydrogen-bond donors (Lipinski definition) is 3. The van der Waals surface area contributed by atoms with Gasteiger partial charge in [-0.25, -0.2) is 29.0 Å². The normalized spacial score (nSPS) is 11.0. The molecular weight excluding hydrogens is 395 g/mol. The van der Waals surface area contributed by atoms with Crippen LogP contribution in [0.5, 0.6) is 0 Å². The van der Waals surface area contributed by atoms with Gasteiger partial charge in [-0.3, -0.25) is 4.79 Å². The quantitative estimate of drug-likeness (QED) is 0.440. The molecule has 0 bridgehead atoms. The fourth-order valence-electron chi connectivity index (χ4n) is 3.12. The van der Waals surface area contributed by atoms with Gasteiger partial charge in [0, 0.05) is 10.9 Å². The van der Waals surface area contributed by atoms with E-state index in [1.54, 1.807) is 42.5 Å². The second kappa shape index (κ2) is 7.62. The molecule has 0 fully saturated rings. The predicted octanol–water partition coefficient (Wildman–Crippen LogP) is 2.46. The third-order valence-electron chi connectivity index (χ3n) is 4.41. The number of carbonyl (C=O) groups is 2. The van der Waals surface area contributed by atoms with Gasteiger partial charge in [0.15, 0.2) is 0 Å². The van der Waals surface area contributed by atoms with Crippen molar-refractivity contribution in [3.05, 3.63) is 52.8 Å². The summed E-state index contributed by atoms with van der Waals surface area (Å²) in [6, 6.07) is 12.2. The monoisotopic (exact) mass is 410 g/mol. The topological polar surface area (TPSA) is 147 Å². The molecule has 0 atom stereocenters. The Morgan fingerprint density at radius 1 is 1.17 bits per heavy atom. The SMILES string of the molecule is NC(=O)OC(=O)N(CCF)c1nc2ccc(-c3n[nH]c(=O)c4ccccc34)cc2[nH]1. The Balaban J connectivity index is 1.78. The van der Waals surface area contributed by atoms with Crippen LogP contribution in [0, 0.1) is 0 Å². The van der Waals surface area contributed by atoms with Crippen molar-refractivity contribution in [3.63, 3.8) is 0 Å². The molecule has 30 heavy (non-hydrogen) atoms. The number of nitrogens with zero attached hydrogens (tertiary/aromatic N) is 3. The third-order valence-corrected chi connectivity index (χ3v) is 4.41. The summed E-state index contributed by atoms with van der Waals surface area (Å²) in [6.45, 7) is -1.27. The van der Waals surface area contributed by atoms with E-state index in [1.807, 2.05) is 0 Å². The Labute approximate surface area is 167 Å². The van der Waals surface area contributed by atoms with E-state index in [1.165, 1.54) is 0 Å². The van der Waals surface area contributed by atoms with Gasteiger partial charge in [0.05, 0.1) is 28.7 Å². The molecule has 152 valence electrons. The molecule has 2 amide bonds. The number of aromatic nitrogens is 4. The molecule has 2 heterocycles. The zero-order chi connectivity index (χ0) is 21.3. The molecule has 4 aromatic rings. The lowest BCUT2D eigenvalue weighted by atomic mass is 10.0. The summed E-state index contributed by atoms with van der Waals surface area (Å²) < 4.78 is 17.2. The number of nitrogens with two attached hydrogens (primary N) is 1. The number of carbonyl (C=O) groups excluding carboxylic acids is 2. The summed E-state index contributed by atoms with van der Waals surface area (Å²) in [7, 11) is 0. The summed E-state index contributed by atoms with van der Waals surface area (Å²) in [4.78, 5) is 42.9. The van der Waals surface area contributed by atoms with Crippen molar-refractivity contribution in [3.8, 4) is 11.3 Å². The Morgan fingerprint density at radius 2 is 1.93 bits per heavy atom. The Hall–Kier alpha value is -4.28. The molecule has 0 saturated carbocycles. The number of benzene rings is 2. The van der Waals surface area contributed by atoms with E-state index in [2.05, 4.69) is 24.9 Å². The van der Waals surface area contributed by atoms with Crippen LogP contribution in [0.4, 0.5) is 19.9 Å². The maximum atomic E-state index is 12.9. The molecule has 11 heteroatoms. The van der Waals surface area contributed by atoms with Crippen molar-refractivity contribution in [2.45, 2.75) is 0 Å². The van der Waals surface area contributed by atoms with Gasteiger partial charge < -0.3 is 15.5 Å². The van der Waals surface area contributed by atoms with Crippen LogP contribution in [0.25, 0.3) is 33.1 Å². The van der Waals surface area contributed by atoms with Crippen molar-refractivity contribution in [1.82, 2.24) is 20.2 Å². The number of halogens is 1. The smallest absolute Gasteiger partial charge is 0.359 e. The number of fused-ring (bicyclic) bond motifs is 2. The van der Waals surface area contributed by atoms with Crippen LogP contribution in [-0.2, 0) is 4.74 Å². The number of hydrogen-bond acceptors (Lipinski definition) is 6. The fraction of sp³-hybridized carbons (Fsp3) is 0.105. The summed E-state index contributed by atoms with van der Waals surface area (Å²) in [5, 5.41) is 7.80. The van der Waals surface area contributed by atoms with Gasteiger partial charge in [-0.15, -0.1) is 0 Å². The van der Waals surface area contributed by atoms with Crippen molar-refractivity contribution in [2.24, 2.45) is 5.73 Å². The first kappa shape index (κ1) is 19.1. The number of aromatic amines is 2. The second-order valence-electron chi connectivity index (χ2n) is 6.27. The van der Waals surface area contributed by atoms with Gasteiger partial charge in [0.25, 0.3) is 5.56 Å². The average Bonchev–Trinajstić information content (AvgIpc) is 3.14. The molecule has 0 spiro atoms. The number of anilines is 1. The molecule has 0 saturated heterocycles. The van der Waals surface area contributed by atoms with Crippen LogP contribution in [0.1, 0.15) is 0 Å². The number of nitrogens with one attached hydrogen (secondary N) is 2. The molecule has 0 unspecified atom stereocenters. The van der Waals surface area contributed by atoms with Crippen molar-refractivity contribution < 1.29 is 18.7 Å². The molecule has 4 rings (SSSR count). The fourth-order valence-corrected chi connectivity index (χ4v) is 3.12. The summed E-state index contributed by atoms with van der Waals surface area (Å²) in [5.74, 6) is -0.00895. The number of imidazole rings is 1. The highest BCUT2D eigenvalue weighted by Crippen LogP contribution is 2.28. The van der Waals surface area contributed by atoms with Crippen molar-refractivity contribution in [1.29, 1.82) is 0 Å². The lowest BCUT2D eigenvalue weighted by Crippen LogP contribution is -2.36. The number of rotatable bonds is 4. The number of amides is 2. The van der Waals surface area contributed by atoms with E-state index >= 15 is 0 Å². The second-order valence-corrected chi connectivity index (χ2v) is 6.27. The van der Waals surface area contributed by atoms with Gasteiger partial charge in [-0.1, -0.05) is 24.3 Å². The predicted molar refractivity (Wildman–Crippen MR) is 107 cm³/mol. The molecule has 10 nitrogen and oxygen atoms in total. The van der Waals surface area contributed by atoms with Crippen LogP contribution in [0.15, 0.2) is 47.3 Å². The highest BCUT2D eigenvalue weighted by atomic mass is 19.1. The van der Waals surface area contributed by atoms with E-state index < -0.39 is 18.9 Å². The van der Waals surface area contributed by atoms with Crippen LogP contribution in [0.2, 0.25) is 0 Å². The number of ether oxygens (including phenoxy) is 1. The van der Waals surface area contributed by atoms with E-state index in [0.29, 0.717) is 33.1 Å². The minimum atomic E-state index is -1.31. The maximum Gasteiger partial charge on any atom is 0.425 e. The first-order valence-electron chi connectivity index (χ1n) is 8.80. The Morgan fingerprint density at radius 3 is 2.67 bits per heavy atom. The number of H-pyrrole nitrogens is 2. The highest BCUT2D eigenvalue weighted by molar-refractivity contribution is 5.97. The van der Waals surface area contributed by atoms with Gasteiger partial charge in [0.2, 0.25) is 5.95 Å².